The van der Waals surface area contributed by atoms with Crippen LogP contribution in [0.2, 0.25) is 0 Å². The molecule has 1 aromatic heterocycles. The molecule has 5 heteroatoms. The van der Waals surface area contributed by atoms with Gasteiger partial charge in [-0.25, -0.2) is 4.68 Å². The molecule has 18 heavy (non-hydrogen) atoms. The lowest BCUT2D eigenvalue weighted by Gasteiger charge is -2.26. The van der Waals surface area contributed by atoms with Crippen molar-refractivity contribution in [3.8, 4) is 0 Å². The molecule has 2 unspecified atom stereocenters. The fraction of sp³-hybridized carbons (Fsp3) is 0.846. The third kappa shape index (κ3) is 2.42. The van der Waals surface area contributed by atoms with Gasteiger partial charge in [-0.05, 0) is 34.1 Å². The van der Waals surface area contributed by atoms with Crippen LogP contribution in [-0.4, -0.2) is 31.3 Å². The summed E-state index contributed by atoms with van der Waals surface area (Å²) in [5.74, 6) is 0. The summed E-state index contributed by atoms with van der Waals surface area (Å²) in [7, 11) is 0. The Bertz CT molecular complexity index is 426. The molecule has 1 fully saturated rings. The number of hydrogen-bond donors (Lipinski definition) is 1. The number of ether oxygens (including phenoxy) is 1. The maximum Gasteiger partial charge on any atom is 0.111 e. The fourth-order valence-corrected chi connectivity index (χ4v) is 2.75. The highest BCUT2D eigenvalue weighted by Gasteiger charge is 2.47. The van der Waals surface area contributed by atoms with E-state index >= 15 is 0 Å². The quantitative estimate of drug-likeness (QED) is 0.897. The molecule has 1 aliphatic rings. The zero-order chi connectivity index (χ0) is 13.6. The van der Waals surface area contributed by atoms with E-state index in [1.807, 2.05) is 17.8 Å². The fourth-order valence-electron chi connectivity index (χ4n) is 2.75. The molecule has 2 atom stereocenters. The minimum Gasteiger partial charge on any atom is -0.387 e. The van der Waals surface area contributed by atoms with Crippen LogP contribution in [0.3, 0.4) is 0 Å². The number of aliphatic hydroxyl groups is 1. The van der Waals surface area contributed by atoms with E-state index in [1.54, 1.807) is 0 Å². The molecular weight excluding hydrogens is 230 g/mol. The Labute approximate surface area is 108 Å². The normalized spacial score (nSPS) is 27.3. The van der Waals surface area contributed by atoms with Gasteiger partial charge in [0.1, 0.15) is 5.69 Å². The number of aromatic nitrogens is 3. The van der Waals surface area contributed by atoms with Gasteiger partial charge in [0, 0.05) is 6.42 Å². The Morgan fingerprint density at radius 2 is 2.17 bits per heavy atom. The van der Waals surface area contributed by atoms with Crippen molar-refractivity contribution in [2.45, 2.75) is 70.8 Å². The highest BCUT2D eigenvalue weighted by atomic mass is 16.5. The molecule has 0 aliphatic carbocycles. The van der Waals surface area contributed by atoms with Gasteiger partial charge in [-0.3, -0.25) is 0 Å². The van der Waals surface area contributed by atoms with Crippen LogP contribution in [0, 0.1) is 0 Å². The Hall–Kier alpha value is -0.940. The minimum atomic E-state index is -0.530. The Morgan fingerprint density at radius 1 is 1.50 bits per heavy atom. The van der Waals surface area contributed by atoms with Crippen LogP contribution in [0.1, 0.15) is 65.3 Å². The third-order valence-corrected chi connectivity index (χ3v) is 3.60. The maximum atomic E-state index is 9.77. The van der Waals surface area contributed by atoms with E-state index in [-0.39, 0.29) is 17.2 Å². The van der Waals surface area contributed by atoms with Crippen LogP contribution in [0.15, 0.2) is 6.20 Å². The van der Waals surface area contributed by atoms with Gasteiger partial charge in [0.25, 0.3) is 0 Å². The van der Waals surface area contributed by atoms with Gasteiger partial charge in [-0.1, -0.05) is 12.1 Å². The van der Waals surface area contributed by atoms with Gasteiger partial charge in [0.15, 0.2) is 0 Å². The molecule has 0 aromatic carbocycles. The molecule has 5 nitrogen and oxygen atoms in total. The third-order valence-electron chi connectivity index (χ3n) is 3.60. The minimum absolute atomic E-state index is 0.149. The van der Waals surface area contributed by atoms with Gasteiger partial charge < -0.3 is 9.84 Å². The highest BCUT2D eigenvalue weighted by Crippen LogP contribution is 2.44. The van der Waals surface area contributed by atoms with Crippen LogP contribution in [0.4, 0.5) is 0 Å². The average Bonchev–Trinajstić information content (AvgIpc) is 2.79. The van der Waals surface area contributed by atoms with Crippen molar-refractivity contribution < 1.29 is 9.84 Å². The smallest absolute Gasteiger partial charge is 0.111 e. The summed E-state index contributed by atoms with van der Waals surface area (Å²) in [5.41, 5.74) is 0.216. The Morgan fingerprint density at radius 3 is 2.67 bits per heavy atom. The first kappa shape index (κ1) is 13.5. The van der Waals surface area contributed by atoms with Crippen molar-refractivity contribution in [1.82, 2.24) is 15.0 Å². The molecule has 2 heterocycles. The molecule has 0 spiro atoms. The van der Waals surface area contributed by atoms with Gasteiger partial charge in [0.2, 0.25) is 0 Å². The van der Waals surface area contributed by atoms with Crippen molar-refractivity contribution in [2.75, 3.05) is 0 Å². The summed E-state index contributed by atoms with van der Waals surface area (Å²) in [5, 5.41) is 18.0. The first-order valence-corrected chi connectivity index (χ1v) is 6.55. The SMILES string of the molecule is CCC(O)c1cn(C2CC(C)(C)OC2(C)C)nn1. The molecule has 1 saturated heterocycles. The van der Waals surface area contributed by atoms with Crippen molar-refractivity contribution in [2.24, 2.45) is 0 Å². The van der Waals surface area contributed by atoms with Crippen LogP contribution < -0.4 is 0 Å². The molecule has 0 radical (unpaired) electrons. The second-order valence-electron chi connectivity index (χ2n) is 6.23. The summed E-state index contributed by atoms with van der Waals surface area (Å²) in [4.78, 5) is 0. The van der Waals surface area contributed by atoms with Crippen LogP contribution in [0.25, 0.3) is 0 Å². The Balaban J connectivity index is 2.24. The number of rotatable bonds is 3. The summed E-state index contributed by atoms with van der Waals surface area (Å²) in [6.07, 6.45) is 2.85. The van der Waals surface area contributed by atoms with E-state index in [1.165, 1.54) is 0 Å². The molecule has 102 valence electrons. The van der Waals surface area contributed by atoms with Crippen molar-refractivity contribution >= 4 is 0 Å². The standard InChI is InChI=1S/C13H23N3O2/c1-6-10(17)9-8-16(15-14-9)11-7-12(2,3)18-13(11,4)5/h8,10-11,17H,6-7H2,1-5H3. The maximum absolute atomic E-state index is 9.77. The molecule has 0 bridgehead atoms. The summed E-state index contributed by atoms with van der Waals surface area (Å²) < 4.78 is 7.88. The van der Waals surface area contributed by atoms with E-state index in [4.69, 9.17) is 4.74 Å². The van der Waals surface area contributed by atoms with Crippen molar-refractivity contribution in [3.05, 3.63) is 11.9 Å². The molecule has 2 rings (SSSR count). The molecular formula is C13H23N3O2. The topological polar surface area (TPSA) is 60.2 Å². The molecule has 0 amide bonds. The van der Waals surface area contributed by atoms with E-state index in [9.17, 15) is 5.11 Å². The van der Waals surface area contributed by atoms with Crippen molar-refractivity contribution in [3.63, 3.8) is 0 Å². The van der Waals surface area contributed by atoms with Crippen LogP contribution in [0.5, 0.6) is 0 Å². The summed E-state index contributed by atoms with van der Waals surface area (Å²) in [6, 6.07) is 0.151. The van der Waals surface area contributed by atoms with E-state index in [0.717, 1.165) is 6.42 Å². The lowest BCUT2D eigenvalue weighted by molar-refractivity contribution is -0.0738. The van der Waals surface area contributed by atoms with Gasteiger partial charge in [-0.2, -0.15) is 0 Å². The van der Waals surface area contributed by atoms with Crippen molar-refractivity contribution in [1.29, 1.82) is 0 Å². The van der Waals surface area contributed by atoms with E-state index in [2.05, 4.69) is 38.0 Å². The predicted octanol–water partition coefficient (Wildman–Crippen LogP) is 2.24. The molecule has 1 N–H and O–H groups in total. The zero-order valence-corrected chi connectivity index (χ0v) is 11.8. The lowest BCUT2D eigenvalue weighted by atomic mass is 9.95. The van der Waals surface area contributed by atoms with Gasteiger partial charge in [0.05, 0.1) is 29.5 Å². The predicted molar refractivity (Wildman–Crippen MR) is 68.2 cm³/mol. The first-order valence-electron chi connectivity index (χ1n) is 6.55. The average molecular weight is 253 g/mol. The highest BCUT2D eigenvalue weighted by molar-refractivity contribution is 5.03. The molecule has 1 aromatic rings. The monoisotopic (exact) mass is 253 g/mol. The lowest BCUT2D eigenvalue weighted by Crippen LogP contribution is -2.31. The van der Waals surface area contributed by atoms with E-state index < -0.39 is 6.10 Å². The number of nitrogens with zero attached hydrogens (tertiary/aromatic N) is 3. The Kier molecular flexibility index (Phi) is 3.23. The second kappa shape index (κ2) is 4.31. The van der Waals surface area contributed by atoms with Gasteiger partial charge in [-0.15, -0.1) is 5.10 Å². The molecule has 1 aliphatic heterocycles. The molecule has 0 saturated carbocycles. The zero-order valence-electron chi connectivity index (χ0n) is 11.8. The summed E-state index contributed by atoms with van der Waals surface area (Å²) >= 11 is 0. The largest absolute Gasteiger partial charge is 0.387 e. The first-order chi connectivity index (χ1) is 8.25. The number of aliphatic hydroxyl groups excluding tert-OH is 1. The summed E-state index contributed by atoms with van der Waals surface area (Å²) in [6.45, 7) is 10.3. The van der Waals surface area contributed by atoms with Gasteiger partial charge >= 0.3 is 0 Å². The second-order valence-corrected chi connectivity index (χ2v) is 6.23. The number of hydrogen-bond acceptors (Lipinski definition) is 4. The van der Waals surface area contributed by atoms with E-state index in [0.29, 0.717) is 12.1 Å². The van der Waals surface area contributed by atoms with Crippen LogP contribution >= 0.6 is 0 Å². The van der Waals surface area contributed by atoms with Crippen LogP contribution in [-0.2, 0) is 4.74 Å².